The summed E-state index contributed by atoms with van der Waals surface area (Å²) < 4.78 is 0. The number of aliphatic hydroxyl groups is 2. The number of rotatable bonds is 6. The van der Waals surface area contributed by atoms with Crippen molar-refractivity contribution in [1.29, 1.82) is 0 Å². The second-order valence-electron chi connectivity index (χ2n) is 9.50. The van der Waals surface area contributed by atoms with Gasteiger partial charge in [0.2, 0.25) is 0 Å². The van der Waals surface area contributed by atoms with E-state index in [2.05, 4.69) is 49.9 Å². The van der Waals surface area contributed by atoms with Crippen LogP contribution in [0.3, 0.4) is 0 Å². The van der Waals surface area contributed by atoms with E-state index in [4.69, 9.17) is 0 Å². The topological polar surface area (TPSA) is 64.0 Å². The highest BCUT2D eigenvalue weighted by molar-refractivity contribution is 5.86. The number of carbonyl (C=O) groups is 1. The van der Waals surface area contributed by atoms with Gasteiger partial charge in [0.15, 0.2) is 5.60 Å². The van der Waals surface area contributed by atoms with Crippen LogP contribution < -0.4 is 0 Å². The number of hydrogen-bond acceptors (Lipinski definition) is 4. The van der Waals surface area contributed by atoms with Crippen LogP contribution >= 0.6 is 0 Å². The molecule has 2 fully saturated rings. The number of carbonyl (C=O) groups excluding carboxylic acids is 1. The fraction of sp³-hybridized carbons (Fsp3) is 0.696. The van der Waals surface area contributed by atoms with Gasteiger partial charge in [0.05, 0.1) is 0 Å². The van der Waals surface area contributed by atoms with Crippen LogP contribution in [-0.2, 0) is 11.3 Å². The first-order chi connectivity index (χ1) is 13.2. The Kier molecular flexibility index (Phi) is 6.47. The number of benzene rings is 1. The fourth-order valence-electron chi connectivity index (χ4n) is 4.37. The van der Waals surface area contributed by atoms with Gasteiger partial charge in [0.1, 0.15) is 0 Å². The van der Waals surface area contributed by atoms with Gasteiger partial charge in [-0.15, -0.1) is 0 Å². The maximum atomic E-state index is 13.1. The van der Waals surface area contributed by atoms with Crippen LogP contribution in [-0.4, -0.2) is 64.3 Å². The van der Waals surface area contributed by atoms with Crippen molar-refractivity contribution in [3.8, 4) is 0 Å². The maximum absolute atomic E-state index is 13.1. The Bertz CT molecular complexity index is 665. The van der Waals surface area contributed by atoms with E-state index < -0.39 is 5.60 Å². The van der Waals surface area contributed by atoms with E-state index in [9.17, 15) is 15.0 Å². The summed E-state index contributed by atoms with van der Waals surface area (Å²) in [6, 6.07) is 8.45. The quantitative estimate of drug-likeness (QED) is 0.787. The summed E-state index contributed by atoms with van der Waals surface area (Å²) in [5.41, 5.74) is 1.09. The molecule has 1 amide bonds. The molecule has 1 aromatic carbocycles. The highest BCUT2D eigenvalue weighted by Gasteiger charge is 2.44. The molecule has 1 aromatic rings. The smallest absolute Gasteiger partial charge is 0.256 e. The Balaban J connectivity index is 1.61. The van der Waals surface area contributed by atoms with Crippen LogP contribution in [0.1, 0.15) is 63.5 Å². The number of piperidine rings is 2. The van der Waals surface area contributed by atoms with E-state index in [1.165, 1.54) is 5.56 Å². The number of nitrogens with zero attached hydrogens (tertiary/aromatic N) is 2. The van der Waals surface area contributed by atoms with Gasteiger partial charge < -0.3 is 15.1 Å². The average molecular weight is 389 g/mol. The molecule has 28 heavy (non-hydrogen) atoms. The van der Waals surface area contributed by atoms with Crippen molar-refractivity contribution in [3.05, 3.63) is 35.4 Å². The van der Waals surface area contributed by atoms with E-state index >= 15 is 0 Å². The van der Waals surface area contributed by atoms with Crippen LogP contribution in [0.5, 0.6) is 0 Å². The molecule has 0 aromatic heterocycles. The van der Waals surface area contributed by atoms with Crippen LogP contribution in [0.15, 0.2) is 24.3 Å². The van der Waals surface area contributed by atoms with E-state index in [1.54, 1.807) is 0 Å². The third kappa shape index (κ3) is 4.76. The van der Waals surface area contributed by atoms with Crippen molar-refractivity contribution >= 4 is 5.91 Å². The number of aliphatic hydroxyl groups excluding tert-OH is 1. The normalized spacial score (nSPS) is 26.1. The van der Waals surface area contributed by atoms with E-state index in [0.717, 1.165) is 37.9 Å². The van der Waals surface area contributed by atoms with Crippen molar-refractivity contribution in [3.63, 3.8) is 0 Å². The summed E-state index contributed by atoms with van der Waals surface area (Å²) in [4.78, 5) is 17.1. The fourth-order valence-corrected chi connectivity index (χ4v) is 4.37. The monoisotopic (exact) mass is 388 g/mol. The molecule has 5 heteroatoms. The minimum Gasteiger partial charge on any atom is -0.396 e. The first-order valence-corrected chi connectivity index (χ1v) is 10.7. The second-order valence-corrected chi connectivity index (χ2v) is 9.50. The van der Waals surface area contributed by atoms with E-state index in [-0.39, 0.29) is 17.9 Å². The summed E-state index contributed by atoms with van der Waals surface area (Å²) >= 11 is 0. The van der Waals surface area contributed by atoms with Gasteiger partial charge in [-0.05, 0) is 61.2 Å². The van der Waals surface area contributed by atoms with Gasteiger partial charge in [-0.2, -0.15) is 0 Å². The molecule has 2 heterocycles. The van der Waals surface area contributed by atoms with Gasteiger partial charge in [0.25, 0.3) is 5.91 Å². The van der Waals surface area contributed by atoms with Gasteiger partial charge in [-0.25, -0.2) is 0 Å². The van der Waals surface area contributed by atoms with Crippen LogP contribution in [0.4, 0.5) is 0 Å². The highest BCUT2D eigenvalue weighted by Crippen LogP contribution is 2.32. The summed E-state index contributed by atoms with van der Waals surface area (Å²) in [7, 11) is 0. The molecule has 156 valence electrons. The average Bonchev–Trinajstić information content (AvgIpc) is 2.68. The Labute approximate surface area is 169 Å². The minimum absolute atomic E-state index is 0.0239. The van der Waals surface area contributed by atoms with Gasteiger partial charge >= 0.3 is 0 Å². The van der Waals surface area contributed by atoms with E-state index in [1.807, 2.05) is 4.90 Å². The molecule has 2 N–H and O–H groups in total. The van der Waals surface area contributed by atoms with Crippen molar-refractivity contribution in [2.75, 3.05) is 32.8 Å². The predicted octanol–water partition coefficient (Wildman–Crippen LogP) is 2.76. The van der Waals surface area contributed by atoms with Crippen LogP contribution in [0, 0.1) is 5.41 Å². The number of amides is 1. The Morgan fingerprint density at radius 3 is 2.29 bits per heavy atom. The molecule has 0 bridgehead atoms. The van der Waals surface area contributed by atoms with Gasteiger partial charge in [-0.3, -0.25) is 9.69 Å². The Hall–Kier alpha value is -1.43. The molecular weight excluding hydrogens is 352 g/mol. The second kappa shape index (κ2) is 8.52. The van der Waals surface area contributed by atoms with Gasteiger partial charge in [0, 0.05) is 26.2 Å². The molecular formula is C23H36N2O3. The zero-order chi connectivity index (χ0) is 20.4. The molecule has 3 rings (SSSR count). The Morgan fingerprint density at radius 1 is 1.07 bits per heavy atom. The van der Waals surface area contributed by atoms with Crippen LogP contribution in [0.25, 0.3) is 0 Å². The molecule has 0 aliphatic carbocycles. The molecule has 0 saturated carbocycles. The number of likely N-dealkylation sites (tertiary alicyclic amines) is 2. The third-order valence-corrected chi connectivity index (χ3v) is 6.65. The molecule has 2 aliphatic rings. The summed E-state index contributed by atoms with van der Waals surface area (Å²) in [5, 5.41) is 20.7. The van der Waals surface area contributed by atoms with E-state index in [0.29, 0.717) is 32.0 Å². The largest absolute Gasteiger partial charge is 0.396 e. The molecule has 2 aliphatic heterocycles. The number of hydrogen-bond donors (Lipinski definition) is 2. The molecule has 0 radical (unpaired) electrons. The lowest BCUT2D eigenvalue weighted by Crippen LogP contribution is -2.59. The lowest BCUT2D eigenvalue weighted by atomic mass is 9.80. The summed E-state index contributed by atoms with van der Waals surface area (Å²) in [5.74, 6) is 0.357. The molecule has 1 atom stereocenters. The lowest BCUT2D eigenvalue weighted by Gasteiger charge is -2.44. The van der Waals surface area contributed by atoms with Crippen LogP contribution in [0.2, 0.25) is 0 Å². The van der Waals surface area contributed by atoms with Crippen molar-refractivity contribution in [2.45, 2.75) is 64.5 Å². The standard InChI is InChI=1S/C23H36N2O3/c1-18(2)20-7-5-19(6-8-20)15-25-12-4-9-23(28,21(25)27)16-24-13-10-22(3,17-26)11-14-24/h5-8,18,26,28H,4,9-17H2,1-3H3/t23-/m0/s1. The molecule has 0 spiro atoms. The first-order valence-electron chi connectivity index (χ1n) is 10.7. The molecule has 0 unspecified atom stereocenters. The van der Waals surface area contributed by atoms with Crippen molar-refractivity contribution in [2.24, 2.45) is 5.41 Å². The number of β-amino-alcohol motifs (C(OH)–C–C–N with tert-alkyl or cyclic N) is 1. The summed E-state index contributed by atoms with van der Waals surface area (Å²) in [6.07, 6.45) is 3.16. The van der Waals surface area contributed by atoms with Gasteiger partial charge in [-0.1, -0.05) is 45.0 Å². The summed E-state index contributed by atoms with van der Waals surface area (Å²) in [6.45, 7) is 9.96. The molecule has 5 nitrogen and oxygen atoms in total. The zero-order valence-corrected chi connectivity index (χ0v) is 17.7. The predicted molar refractivity (Wildman–Crippen MR) is 111 cm³/mol. The Morgan fingerprint density at radius 2 is 1.71 bits per heavy atom. The van der Waals surface area contributed by atoms with Crippen molar-refractivity contribution < 1.29 is 15.0 Å². The highest BCUT2D eigenvalue weighted by atomic mass is 16.3. The zero-order valence-electron chi connectivity index (χ0n) is 17.7. The third-order valence-electron chi connectivity index (χ3n) is 6.65. The maximum Gasteiger partial charge on any atom is 0.256 e. The first kappa shape index (κ1) is 21.3. The lowest BCUT2D eigenvalue weighted by molar-refractivity contribution is -0.161. The van der Waals surface area contributed by atoms with Crippen molar-refractivity contribution in [1.82, 2.24) is 9.80 Å². The molecule has 2 saturated heterocycles. The minimum atomic E-state index is -1.29. The SMILES string of the molecule is CC(C)c1ccc(CN2CCC[C@](O)(CN3CCC(C)(CO)CC3)C2=O)cc1.